The van der Waals surface area contributed by atoms with Crippen molar-refractivity contribution in [3.05, 3.63) is 11.9 Å². The molecule has 1 aromatic heterocycles. The van der Waals surface area contributed by atoms with Crippen molar-refractivity contribution >= 4 is 23.4 Å². The maximum Gasteiger partial charge on any atom is 0.231 e. The first-order valence-corrected chi connectivity index (χ1v) is 9.81. The molecule has 1 atom stereocenters. The van der Waals surface area contributed by atoms with E-state index in [2.05, 4.69) is 10.4 Å². The lowest BCUT2D eigenvalue weighted by Gasteiger charge is -2.39. The lowest BCUT2D eigenvalue weighted by molar-refractivity contribution is -0.145. The average Bonchev–Trinajstić information content (AvgIpc) is 3.30. The Kier molecular flexibility index (Phi) is 4.65. The molecule has 3 fully saturated rings. The first-order valence-electron chi connectivity index (χ1n) is 9.81. The van der Waals surface area contributed by atoms with Crippen LogP contribution in [0.4, 0.5) is 5.69 Å². The van der Waals surface area contributed by atoms with Crippen LogP contribution < -0.4 is 5.32 Å². The SMILES string of the molecule is Cc1c(NC(=O)C2CN(C(=O)C3CC(=O)N(C4CCCC4)C3)C2)cnn1C. The molecule has 1 unspecified atom stereocenters. The van der Waals surface area contributed by atoms with E-state index >= 15 is 0 Å². The Labute approximate surface area is 158 Å². The van der Waals surface area contributed by atoms with Crippen molar-refractivity contribution in [3.63, 3.8) is 0 Å². The number of carbonyl (C=O) groups is 3. The minimum atomic E-state index is -0.248. The van der Waals surface area contributed by atoms with Gasteiger partial charge in [0.05, 0.1) is 29.4 Å². The highest BCUT2D eigenvalue weighted by Gasteiger charge is 2.44. The van der Waals surface area contributed by atoms with Crippen LogP contribution in [0.5, 0.6) is 0 Å². The fourth-order valence-corrected chi connectivity index (χ4v) is 4.40. The number of aryl methyl sites for hydroxylation is 1. The molecule has 8 heteroatoms. The molecule has 1 N–H and O–H groups in total. The fraction of sp³-hybridized carbons (Fsp3) is 0.684. The first-order chi connectivity index (χ1) is 12.9. The van der Waals surface area contributed by atoms with Crippen LogP contribution in [0, 0.1) is 18.8 Å². The number of amides is 3. The first kappa shape index (κ1) is 18.0. The van der Waals surface area contributed by atoms with E-state index in [9.17, 15) is 14.4 Å². The van der Waals surface area contributed by atoms with Crippen LogP contribution in [0.1, 0.15) is 37.8 Å². The zero-order chi connectivity index (χ0) is 19.1. The zero-order valence-electron chi connectivity index (χ0n) is 16.0. The van der Waals surface area contributed by atoms with Gasteiger partial charge in [0.15, 0.2) is 0 Å². The molecule has 3 amide bonds. The van der Waals surface area contributed by atoms with Gasteiger partial charge in [-0.25, -0.2) is 0 Å². The smallest absolute Gasteiger partial charge is 0.231 e. The number of aromatic nitrogens is 2. The summed E-state index contributed by atoms with van der Waals surface area (Å²) in [5, 5.41) is 7.01. The van der Waals surface area contributed by atoms with Gasteiger partial charge in [-0.2, -0.15) is 5.10 Å². The molecule has 0 aromatic carbocycles. The molecule has 3 aliphatic rings. The predicted octanol–water partition coefficient (Wildman–Crippen LogP) is 0.917. The molecule has 2 aliphatic heterocycles. The van der Waals surface area contributed by atoms with E-state index < -0.39 is 0 Å². The normalized spacial score (nSPS) is 23.8. The number of nitrogens with one attached hydrogen (secondary N) is 1. The molecule has 1 aliphatic carbocycles. The van der Waals surface area contributed by atoms with E-state index in [0.717, 1.165) is 18.5 Å². The third-order valence-corrected chi connectivity index (χ3v) is 6.33. The fourth-order valence-electron chi connectivity index (χ4n) is 4.40. The number of hydrogen-bond acceptors (Lipinski definition) is 4. The summed E-state index contributed by atoms with van der Waals surface area (Å²) < 4.78 is 1.71. The highest BCUT2D eigenvalue weighted by Crippen LogP contribution is 2.31. The molecule has 0 bridgehead atoms. The summed E-state index contributed by atoms with van der Waals surface area (Å²) in [6.07, 6.45) is 6.42. The van der Waals surface area contributed by atoms with Gasteiger partial charge in [-0.1, -0.05) is 12.8 Å². The third-order valence-electron chi connectivity index (χ3n) is 6.33. The van der Waals surface area contributed by atoms with Gasteiger partial charge in [-0.05, 0) is 19.8 Å². The van der Waals surface area contributed by atoms with Gasteiger partial charge < -0.3 is 15.1 Å². The number of hydrogen-bond donors (Lipinski definition) is 1. The Morgan fingerprint density at radius 2 is 1.85 bits per heavy atom. The molecule has 0 radical (unpaired) electrons. The van der Waals surface area contributed by atoms with Gasteiger partial charge in [0.1, 0.15) is 0 Å². The quantitative estimate of drug-likeness (QED) is 0.850. The second-order valence-electron chi connectivity index (χ2n) is 8.08. The highest BCUT2D eigenvalue weighted by atomic mass is 16.2. The monoisotopic (exact) mass is 373 g/mol. The maximum absolute atomic E-state index is 12.7. The molecule has 2 saturated heterocycles. The zero-order valence-corrected chi connectivity index (χ0v) is 16.0. The van der Waals surface area contributed by atoms with Crippen molar-refractivity contribution in [2.45, 2.75) is 45.1 Å². The molecule has 1 saturated carbocycles. The summed E-state index contributed by atoms with van der Waals surface area (Å²) in [6.45, 7) is 3.30. The standard InChI is InChI=1S/C19H27N5O3/c1-12-16(8-20-22(12)2)21-18(26)14-9-23(10-14)19(27)13-7-17(25)24(11-13)15-5-3-4-6-15/h8,13-15H,3-7,9-11H2,1-2H3,(H,21,26). The van der Waals surface area contributed by atoms with E-state index in [-0.39, 0.29) is 29.6 Å². The van der Waals surface area contributed by atoms with Crippen LogP contribution in [-0.4, -0.2) is 63.0 Å². The topological polar surface area (TPSA) is 87.5 Å². The summed E-state index contributed by atoms with van der Waals surface area (Å²) in [5.41, 5.74) is 1.60. The van der Waals surface area contributed by atoms with E-state index in [0.29, 0.717) is 37.8 Å². The number of rotatable bonds is 4. The molecular weight excluding hydrogens is 346 g/mol. The van der Waals surface area contributed by atoms with Crippen LogP contribution in [0.2, 0.25) is 0 Å². The van der Waals surface area contributed by atoms with Gasteiger partial charge in [0.25, 0.3) is 0 Å². The van der Waals surface area contributed by atoms with Crippen molar-refractivity contribution in [1.82, 2.24) is 19.6 Å². The largest absolute Gasteiger partial charge is 0.341 e. The number of carbonyl (C=O) groups excluding carboxylic acids is 3. The summed E-state index contributed by atoms with van der Waals surface area (Å²) in [5.74, 6) is -0.392. The molecule has 0 spiro atoms. The Morgan fingerprint density at radius 3 is 2.48 bits per heavy atom. The van der Waals surface area contributed by atoms with Gasteiger partial charge in [-0.3, -0.25) is 19.1 Å². The molecule has 3 heterocycles. The Balaban J connectivity index is 1.28. The lowest BCUT2D eigenvalue weighted by Crippen LogP contribution is -2.56. The Bertz CT molecular complexity index is 761. The molecule has 4 rings (SSSR count). The minimum absolute atomic E-state index is 0.0189. The average molecular weight is 373 g/mol. The van der Waals surface area contributed by atoms with Crippen LogP contribution in [0.3, 0.4) is 0 Å². The summed E-state index contributed by atoms with van der Waals surface area (Å²) >= 11 is 0. The number of likely N-dealkylation sites (tertiary alicyclic amines) is 2. The maximum atomic E-state index is 12.7. The van der Waals surface area contributed by atoms with Crippen molar-refractivity contribution < 1.29 is 14.4 Å². The van der Waals surface area contributed by atoms with Crippen LogP contribution >= 0.6 is 0 Å². The molecule has 27 heavy (non-hydrogen) atoms. The molecule has 1 aromatic rings. The minimum Gasteiger partial charge on any atom is -0.341 e. The van der Waals surface area contributed by atoms with Crippen molar-refractivity contribution in [1.29, 1.82) is 0 Å². The van der Waals surface area contributed by atoms with Crippen molar-refractivity contribution in [2.24, 2.45) is 18.9 Å². The molecular formula is C19H27N5O3. The number of anilines is 1. The van der Waals surface area contributed by atoms with Crippen molar-refractivity contribution in [2.75, 3.05) is 25.0 Å². The highest BCUT2D eigenvalue weighted by molar-refractivity contribution is 5.96. The van der Waals surface area contributed by atoms with Gasteiger partial charge in [0, 0.05) is 39.1 Å². The summed E-state index contributed by atoms with van der Waals surface area (Å²) in [4.78, 5) is 41.0. The van der Waals surface area contributed by atoms with E-state index in [1.807, 2.05) is 18.9 Å². The summed E-state index contributed by atoms with van der Waals surface area (Å²) in [6, 6.07) is 0.327. The molecule has 146 valence electrons. The van der Waals surface area contributed by atoms with Crippen LogP contribution in [-0.2, 0) is 21.4 Å². The second-order valence-corrected chi connectivity index (χ2v) is 8.08. The van der Waals surface area contributed by atoms with Crippen molar-refractivity contribution in [3.8, 4) is 0 Å². The van der Waals surface area contributed by atoms with Gasteiger partial charge in [0.2, 0.25) is 17.7 Å². The summed E-state index contributed by atoms with van der Waals surface area (Å²) in [7, 11) is 1.83. The molecule has 8 nitrogen and oxygen atoms in total. The van der Waals surface area contributed by atoms with Crippen LogP contribution in [0.25, 0.3) is 0 Å². The van der Waals surface area contributed by atoms with Crippen LogP contribution in [0.15, 0.2) is 6.20 Å². The second kappa shape index (κ2) is 6.98. The predicted molar refractivity (Wildman–Crippen MR) is 98.7 cm³/mol. The van der Waals surface area contributed by atoms with E-state index in [4.69, 9.17) is 0 Å². The van der Waals surface area contributed by atoms with Gasteiger partial charge in [-0.15, -0.1) is 0 Å². The van der Waals surface area contributed by atoms with E-state index in [1.165, 1.54) is 12.8 Å². The third kappa shape index (κ3) is 3.33. The Hall–Kier alpha value is -2.38. The number of nitrogens with zero attached hydrogens (tertiary/aromatic N) is 4. The Morgan fingerprint density at radius 1 is 1.15 bits per heavy atom. The lowest BCUT2D eigenvalue weighted by atomic mass is 9.95. The van der Waals surface area contributed by atoms with Gasteiger partial charge >= 0.3 is 0 Å². The van der Waals surface area contributed by atoms with E-state index in [1.54, 1.807) is 15.8 Å².